The number of aryl methyl sites for hydroxylation is 1. The average molecular weight is 290 g/mol. The Morgan fingerprint density at radius 1 is 1.20 bits per heavy atom. The maximum absolute atomic E-state index is 6.09. The van der Waals surface area contributed by atoms with E-state index in [1.807, 2.05) is 25.1 Å². The molecule has 0 bridgehead atoms. The van der Waals surface area contributed by atoms with Crippen LogP contribution < -0.4 is 10.5 Å². The summed E-state index contributed by atoms with van der Waals surface area (Å²) in [6.07, 6.45) is 1.96. The summed E-state index contributed by atoms with van der Waals surface area (Å²) in [7, 11) is 1.67. The quantitative estimate of drug-likeness (QED) is 0.891. The molecule has 0 aliphatic carbocycles. The van der Waals surface area contributed by atoms with Gasteiger partial charge in [-0.25, -0.2) is 0 Å². The van der Waals surface area contributed by atoms with Gasteiger partial charge in [-0.1, -0.05) is 35.9 Å². The van der Waals surface area contributed by atoms with Gasteiger partial charge in [0.15, 0.2) is 0 Å². The van der Waals surface area contributed by atoms with Crippen molar-refractivity contribution < 1.29 is 4.74 Å². The summed E-state index contributed by atoms with van der Waals surface area (Å²) >= 11 is 6.09. The first-order chi connectivity index (χ1) is 9.60. The van der Waals surface area contributed by atoms with Gasteiger partial charge in [0, 0.05) is 16.6 Å². The number of halogens is 1. The van der Waals surface area contributed by atoms with Crippen molar-refractivity contribution in [3.05, 3.63) is 53.1 Å². The highest BCUT2D eigenvalue weighted by atomic mass is 35.5. The second-order valence-corrected chi connectivity index (χ2v) is 5.50. The maximum Gasteiger partial charge on any atom is 0.126 e. The normalized spacial score (nSPS) is 12.2. The fraction of sp³-hybridized carbons (Fsp3) is 0.294. The first-order valence-electron chi connectivity index (χ1n) is 6.78. The molecule has 0 saturated carbocycles. The number of methoxy groups -OCH3 is 1. The molecule has 0 amide bonds. The van der Waals surface area contributed by atoms with E-state index >= 15 is 0 Å². The molecule has 2 aromatic rings. The second kappa shape index (κ2) is 6.78. The highest BCUT2D eigenvalue weighted by Crippen LogP contribution is 2.33. The van der Waals surface area contributed by atoms with Crippen LogP contribution in [0.5, 0.6) is 5.75 Å². The van der Waals surface area contributed by atoms with Crippen LogP contribution in [0.1, 0.15) is 18.9 Å². The Morgan fingerprint density at radius 2 is 2.00 bits per heavy atom. The number of benzene rings is 2. The monoisotopic (exact) mass is 289 g/mol. The molecule has 20 heavy (non-hydrogen) atoms. The van der Waals surface area contributed by atoms with Crippen LogP contribution in [0, 0.1) is 0 Å². The van der Waals surface area contributed by atoms with E-state index in [1.165, 1.54) is 5.56 Å². The third-order valence-corrected chi connectivity index (χ3v) is 3.52. The van der Waals surface area contributed by atoms with Crippen molar-refractivity contribution in [1.29, 1.82) is 0 Å². The zero-order chi connectivity index (χ0) is 14.5. The highest BCUT2D eigenvalue weighted by molar-refractivity contribution is 6.31. The lowest BCUT2D eigenvalue weighted by Gasteiger charge is -2.11. The maximum atomic E-state index is 6.09. The SMILES string of the molecule is COc1ccc(Cl)cc1-c1cccc(CCC(C)N)c1. The van der Waals surface area contributed by atoms with Crippen LogP contribution in [0.2, 0.25) is 5.02 Å². The lowest BCUT2D eigenvalue weighted by molar-refractivity contribution is 0.416. The molecule has 2 aromatic carbocycles. The number of hydrogen-bond donors (Lipinski definition) is 1. The van der Waals surface area contributed by atoms with Gasteiger partial charge in [0.25, 0.3) is 0 Å². The molecule has 3 heteroatoms. The standard InChI is InChI=1S/C17H20ClNO/c1-12(19)6-7-13-4-3-5-14(10-13)16-11-15(18)8-9-17(16)20-2/h3-5,8-12H,6-7,19H2,1-2H3. The van der Waals surface area contributed by atoms with Crippen molar-refractivity contribution in [3.8, 4) is 16.9 Å². The van der Waals surface area contributed by atoms with E-state index < -0.39 is 0 Å². The molecule has 0 aromatic heterocycles. The molecule has 0 spiro atoms. The number of hydrogen-bond acceptors (Lipinski definition) is 2. The Kier molecular flexibility index (Phi) is 5.05. The minimum absolute atomic E-state index is 0.222. The largest absolute Gasteiger partial charge is 0.496 e. The molecule has 2 nitrogen and oxygen atoms in total. The van der Waals surface area contributed by atoms with Crippen molar-refractivity contribution in [2.45, 2.75) is 25.8 Å². The van der Waals surface area contributed by atoms with Gasteiger partial charge >= 0.3 is 0 Å². The summed E-state index contributed by atoms with van der Waals surface area (Å²) in [5, 5.41) is 0.710. The van der Waals surface area contributed by atoms with Crippen molar-refractivity contribution in [3.63, 3.8) is 0 Å². The fourth-order valence-electron chi connectivity index (χ4n) is 2.19. The predicted octanol–water partition coefficient (Wildman–Crippen LogP) is 4.30. The molecule has 0 saturated heterocycles. The van der Waals surface area contributed by atoms with E-state index in [2.05, 4.69) is 24.3 Å². The van der Waals surface area contributed by atoms with E-state index in [9.17, 15) is 0 Å². The summed E-state index contributed by atoms with van der Waals surface area (Å²) in [4.78, 5) is 0. The molecule has 0 radical (unpaired) electrons. The van der Waals surface area contributed by atoms with Crippen LogP contribution in [0.4, 0.5) is 0 Å². The van der Waals surface area contributed by atoms with Gasteiger partial charge in [-0.2, -0.15) is 0 Å². The van der Waals surface area contributed by atoms with E-state index in [0.717, 1.165) is 29.7 Å². The molecule has 0 aliphatic rings. The molecule has 2 rings (SSSR count). The molecule has 0 aliphatic heterocycles. The van der Waals surface area contributed by atoms with E-state index in [-0.39, 0.29) is 6.04 Å². The molecule has 1 atom stereocenters. The Balaban J connectivity index is 2.33. The lowest BCUT2D eigenvalue weighted by atomic mass is 9.99. The molecule has 1 unspecified atom stereocenters. The van der Waals surface area contributed by atoms with Crippen LogP contribution in [0.3, 0.4) is 0 Å². The highest BCUT2D eigenvalue weighted by Gasteiger charge is 2.07. The van der Waals surface area contributed by atoms with Crippen molar-refractivity contribution in [2.75, 3.05) is 7.11 Å². The van der Waals surface area contributed by atoms with E-state index in [1.54, 1.807) is 7.11 Å². The number of rotatable bonds is 5. The molecular formula is C17H20ClNO. The van der Waals surface area contributed by atoms with Crippen LogP contribution in [0.25, 0.3) is 11.1 Å². The van der Waals surface area contributed by atoms with Gasteiger partial charge < -0.3 is 10.5 Å². The fourth-order valence-corrected chi connectivity index (χ4v) is 2.37. The topological polar surface area (TPSA) is 35.2 Å². The number of nitrogens with two attached hydrogens (primary N) is 1. The van der Waals surface area contributed by atoms with Gasteiger partial charge in [-0.3, -0.25) is 0 Å². The minimum Gasteiger partial charge on any atom is -0.496 e. The van der Waals surface area contributed by atoms with Gasteiger partial charge in [0.1, 0.15) is 5.75 Å². The lowest BCUT2D eigenvalue weighted by Crippen LogP contribution is -2.15. The Morgan fingerprint density at radius 3 is 2.70 bits per heavy atom. The van der Waals surface area contributed by atoms with Crippen LogP contribution in [-0.4, -0.2) is 13.2 Å². The van der Waals surface area contributed by atoms with E-state index in [0.29, 0.717) is 5.02 Å². The Labute approximate surface area is 125 Å². The molecule has 106 valence electrons. The zero-order valence-corrected chi connectivity index (χ0v) is 12.7. The van der Waals surface area contributed by atoms with Crippen molar-refractivity contribution >= 4 is 11.6 Å². The number of ether oxygens (including phenoxy) is 1. The summed E-state index contributed by atoms with van der Waals surface area (Å²) in [6.45, 7) is 2.03. The van der Waals surface area contributed by atoms with Crippen molar-refractivity contribution in [2.24, 2.45) is 5.73 Å². The Bertz CT molecular complexity index is 581. The second-order valence-electron chi connectivity index (χ2n) is 5.06. The van der Waals surface area contributed by atoms with Crippen LogP contribution >= 0.6 is 11.6 Å². The zero-order valence-electron chi connectivity index (χ0n) is 11.9. The summed E-state index contributed by atoms with van der Waals surface area (Å²) in [5.74, 6) is 0.832. The molecular weight excluding hydrogens is 270 g/mol. The van der Waals surface area contributed by atoms with Gasteiger partial charge in [-0.15, -0.1) is 0 Å². The molecule has 0 heterocycles. The first kappa shape index (κ1) is 14.9. The summed E-state index contributed by atoms with van der Waals surface area (Å²) in [5.41, 5.74) is 9.23. The van der Waals surface area contributed by atoms with Gasteiger partial charge in [-0.05, 0) is 49.1 Å². The average Bonchev–Trinajstić information content (AvgIpc) is 2.45. The third kappa shape index (κ3) is 3.75. The summed E-state index contributed by atoms with van der Waals surface area (Å²) < 4.78 is 5.41. The van der Waals surface area contributed by atoms with Gasteiger partial charge in [0.05, 0.1) is 7.11 Å². The molecule has 2 N–H and O–H groups in total. The summed E-state index contributed by atoms with van der Waals surface area (Å²) in [6, 6.07) is 14.3. The molecule has 0 fully saturated rings. The smallest absolute Gasteiger partial charge is 0.126 e. The van der Waals surface area contributed by atoms with E-state index in [4.69, 9.17) is 22.1 Å². The van der Waals surface area contributed by atoms with Gasteiger partial charge in [0.2, 0.25) is 0 Å². The van der Waals surface area contributed by atoms with Crippen molar-refractivity contribution in [1.82, 2.24) is 0 Å². The van der Waals surface area contributed by atoms with Crippen LogP contribution in [0.15, 0.2) is 42.5 Å². The van der Waals surface area contributed by atoms with Crippen LogP contribution in [-0.2, 0) is 6.42 Å². The Hall–Kier alpha value is -1.51. The predicted molar refractivity (Wildman–Crippen MR) is 85.4 cm³/mol. The first-order valence-corrected chi connectivity index (χ1v) is 7.16. The third-order valence-electron chi connectivity index (χ3n) is 3.29. The minimum atomic E-state index is 0.222.